The second kappa shape index (κ2) is 8.84. The van der Waals surface area contributed by atoms with Gasteiger partial charge in [0.05, 0.1) is 0 Å². The summed E-state index contributed by atoms with van der Waals surface area (Å²) in [7, 11) is -3.13. The zero-order valence-electron chi connectivity index (χ0n) is 6.00. The third-order valence-electron chi connectivity index (χ3n) is 0. The van der Waals surface area contributed by atoms with Crippen molar-refractivity contribution in [3.8, 4) is 0 Å². The molecule has 0 aliphatic carbocycles. The molecule has 0 aromatic heterocycles. The topological polar surface area (TPSA) is 135 Å². The molecular weight excluding hydrogens is 301 g/mol. The minimum absolute atomic E-state index is 0. The van der Waals surface area contributed by atoms with Crippen molar-refractivity contribution in [2.24, 2.45) is 0 Å². The van der Waals surface area contributed by atoms with Crippen molar-refractivity contribution in [2.45, 2.75) is 0 Å². The number of hydrogen-bond donors (Lipinski definition) is 5. The summed E-state index contributed by atoms with van der Waals surface area (Å²) in [5.74, 6) is 0. The van der Waals surface area contributed by atoms with Gasteiger partial charge in [0.25, 0.3) is 0 Å². The van der Waals surface area contributed by atoms with Crippen molar-refractivity contribution < 1.29 is 80.0 Å². The van der Waals surface area contributed by atoms with E-state index in [9.17, 15) is 0 Å². The average Bonchev–Trinajstić information content (AvgIpc) is 1.19. The molecule has 0 saturated heterocycles. The summed E-state index contributed by atoms with van der Waals surface area (Å²) in [5, 5.41) is 0. The Morgan fingerprint density at radius 3 is 1.20 bits per heavy atom. The van der Waals surface area contributed by atoms with E-state index in [1.807, 2.05) is 0 Å². The van der Waals surface area contributed by atoms with Gasteiger partial charge in [-0.15, -0.1) is 0 Å². The molecule has 0 bridgehead atoms. The van der Waals surface area contributed by atoms with E-state index < -0.39 is 29.2 Å². The van der Waals surface area contributed by atoms with Gasteiger partial charge in [0.15, 0.2) is 0 Å². The van der Waals surface area contributed by atoms with Crippen LogP contribution >= 0.6 is 0 Å². The SMILES string of the molecule is O=[Si](O)O.[H-].[K+].[O]=[Sb]([OH])([OH])[OH]. The molecule has 0 unspecified atom stereocenters. The molecule has 5 N–H and O–H groups in total. The van der Waals surface area contributed by atoms with Crippen molar-refractivity contribution in [3.63, 3.8) is 0 Å². The second-order valence-corrected chi connectivity index (χ2v) is 4.29. The molecule has 0 aliphatic rings. The molecule has 0 aliphatic heterocycles. The van der Waals surface area contributed by atoms with Crippen molar-refractivity contribution >= 4 is 29.2 Å². The van der Waals surface area contributed by atoms with Crippen LogP contribution in [0.1, 0.15) is 1.43 Å². The summed E-state index contributed by atoms with van der Waals surface area (Å²) in [6, 6.07) is 0. The Morgan fingerprint density at radius 2 is 1.20 bits per heavy atom. The van der Waals surface area contributed by atoms with Gasteiger partial charge in [-0.1, -0.05) is 0 Å². The van der Waals surface area contributed by atoms with Gasteiger partial charge in [-0.3, -0.25) is 4.46 Å². The summed E-state index contributed by atoms with van der Waals surface area (Å²) >= 11 is -5.35. The predicted octanol–water partition coefficient (Wildman–Crippen LogP) is -6.67. The molecule has 58 valence electrons. The van der Waals surface area contributed by atoms with E-state index in [-0.39, 0.29) is 52.8 Å². The monoisotopic (exact) mass is 306 g/mol. The Labute approximate surface area is 107 Å². The average molecular weight is 307 g/mol. The molecule has 7 nitrogen and oxygen atoms in total. The van der Waals surface area contributed by atoms with Gasteiger partial charge >= 0.3 is 93.8 Å². The Bertz CT molecular complexity index is 118. The molecule has 0 amide bonds. The second-order valence-electron chi connectivity index (χ2n) is 0.796. The van der Waals surface area contributed by atoms with Crippen LogP contribution in [0.25, 0.3) is 0 Å². The first-order valence-corrected chi connectivity index (χ1v) is 7.20. The van der Waals surface area contributed by atoms with Crippen LogP contribution < -0.4 is 51.4 Å². The van der Waals surface area contributed by atoms with Crippen molar-refractivity contribution in [1.29, 1.82) is 0 Å². The van der Waals surface area contributed by atoms with Crippen molar-refractivity contribution in [3.05, 3.63) is 0 Å². The third-order valence-corrected chi connectivity index (χ3v) is 0. The van der Waals surface area contributed by atoms with E-state index in [4.69, 9.17) is 27.2 Å². The van der Waals surface area contributed by atoms with Crippen LogP contribution in [-0.2, 0) is 7.48 Å². The van der Waals surface area contributed by atoms with Gasteiger partial charge in [0, 0.05) is 0 Å². The predicted molar refractivity (Wildman–Crippen MR) is 25.1 cm³/mol. The molecule has 0 spiro atoms. The molecule has 0 atom stereocenters. The van der Waals surface area contributed by atoms with Gasteiger partial charge < -0.3 is 11.0 Å². The van der Waals surface area contributed by atoms with Crippen LogP contribution in [0, 0.1) is 0 Å². The standard InChI is InChI=1S/K.H2O3Si.3H2O.O.Sb.H/c;1-4(2)3;;;;;;/h;1-2H;3*1H2;;;/q+1;;;;;;+3;-1/p-3. The van der Waals surface area contributed by atoms with Crippen LogP contribution in [0.3, 0.4) is 0 Å². The summed E-state index contributed by atoms with van der Waals surface area (Å²) in [5.41, 5.74) is 0. The first kappa shape index (κ1) is 17.7. The molecule has 0 fully saturated rings. The van der Waals surface area contributed by atoms with Crippen LogP contribution in [0.2, 0.25) is 0 Å². The maximum atomic E-state index is 8.97. The van der Waals surface area contributed by atoms with Crippen LogP contribution in [-0.4, -0.2) is 49.0 Å². The summed E-state index contributed by atoms with van der Waals surface area (Å²) in [4.78, 5) is 14.3. The van der Waals surface area contributed by atoms with Gasteiger partial charge in [0.1, 0.15) is 0 Å². The molecule has 10 heavy (non-hydrogen) atoms. The Balaban J connectivity index is -0.0000000383. The van der Waals surface area contributed by atoms with E-state index in [2.05, 4.69) is 0 Å². The van der Waals surface area contributed by atoms with Crippen LogP contribution in [0.4, 0.5) is 0 Å². The molecule has 0 radical (unpaired) electrons. The summed E-state index contributed by atoms with van der Waals surface area (Å²) < 4.78 is 39.5. The molecule has 0 heterocycles. The van der Waals surface area contributed by atoms with Crippen molar-refractivity contribution in [1.82, 2.24) is 0 Å². The number of hydrogen-bond acceptors (Lipinski definition) is 2. The normalized spacial score (nSPS) is 8.30. The van der Waals surface area contributed by atoms with E-state index in [0.29, 0.717) is 0 Å². The van der Waals surface area contributed by atoms with E-state index >= 15 is 0 Å². The zero-order chi connectivity index (χ0) is 8.08. The van der Waals surface area contributed by atoms with Gasteiger partial charge in [-0.2, -0.15) is 0 Å². The first-order valence-electron chi connectivity index (χ1n) is 1.43. The van der Waals surface area contributed by atoms with Gasteiger partial charge in [-0.05, 0) is 0 Å². The molecule has 0 aromatic carbocycles. The number of rotatable bonds is 0. The molecular formula is H6KO7SbSi. The molecule has 0 saturated carbocycles. The quantitative estimate of drug-likeness (QED) is 0.281. The minimum atomic E-state index is -5.35. The molecule has 10 heteroatoms. The molecule has 0 aromatic rings. The van der Waals surface area contributed by atoms with Crippen molar-refractivity contribution in [2.75, 3.05) is 0 Å². The Morgan fingerprint density at radius 1 is 1.20 bits per heavy atom. The van der Waals surface area contributed by atoms with Gasteiger partial charge in [-0.25, -0.2) is 0 Å². The van der Waals surface area contributed by atoms with Crippen LogP contribution in [0.15, 0.2) is 0 Å². The summed E-state index contributed by atoms with van der Waals surface area (Å²) in [6.45, 7) is 0. The third kappa shape index (κ3) is 243. The van der Waals surface area contributed by atoms with E-state index in [0.717, 1.165) is 0 Å². The van der Waals surface area contributed by atoms with Crippen LogP contribution in [0.5, 0.6) is 0 Å². The van der Waals surface area contributed by atoms with E-state index in [1.165, 1.54) is 0 Å². The fourth-order valence-corrected chi connectivity index (χ4v) is 0. The Kier molecular flexibility index (Phi) is 15.7. The fourth-order valence-electron chi connectivity index (χ4n) is 0. The van der Waals surface area contributed by atoms with Gasteiger partial charge in [0.2, 0.25) is 0 Å². The fraction of sp³-hybridized carbons (Fsp3) is 0. The zero-order valence-corrected chi connectivity index (χ0v) is 11.7. The Hall–Kier alpha value is 1.75. The maximum absolute atomic E-state index is 8.97. The summed E-state index contributed by atoms with van der Waals surface area (Å²) in [6.07, 6.45) is 0. The van der Waals surface area contributed by atoms with E-state index in [1.54, 1.807) is 0 Å². The first-order chi connectivity index (χ1) is 3.73. The molecule has 0 rings (SSSR count).